The summed E-state index contributed by atoms with van der Waals surface area (Å²) >= 11 is 1.42. The molecular weight excluding hydrogens is 660 g/mol. The van der Waals surface area contributed by atoms with E-state index in [4.69, 9.17) is 4.74 Å². The van der Waals surface area contributed by atoms with Gasteiger partial charge in [0.25, 0.3) is 0 Å². The van der Waals surface area contributed by atoms with Gasteiger partial charge in [-0.15, -0.1) is 11.3 Å². The molecule has 3 fully saturated rings. The number of para-hydroxylation sites is 1. The molecular formula is C36H46N6O7S. The maximum absolute atomic E-state index is 14.4. The number of aromatic amines is 1. The van der Waals surface area contributed by atoms with Crippen LogP contribution >= 0.6 is 11.3 Å². The minimum Gasteiger partial charge on any atom is -0.388 e. The van der Waals surface area contributed by atoms with Gasteiger partial charge in [-0.25, -0.2) is 0 Å². The Labute approximate surface area is 295 Å². The van der Waals surface area contributed by atoms with Gasteiger partial charge >= 0.3 is 0 Å². The predicted molar refractivity (Wildman–Crippen MR) is 187 cm³/mol. The van der Waals surface area contributed by atoms with Crippen LogP contribution in [0.4, 0.5) is 0 Å². The van der Waals surface area contributed by atoms with Crippen molar-refractivity contribution in [2.75, 3.05) is 26.2 Å². The van der Waals surface area contributed by atoms with Gasteiger partial charge in [0, 0.05) is 41.5 Å². The number of hydrogen-bond donors (Lipinski definition) is 5. The van der Waals surface area contributed by atoms with Crippen molar-refractivity contribution in [1.29, 1.82) is 0 Å². The summed E-state index contributed by atoms with van der Waals surface area (Å²) in [6.45, 7) is 3.94. The second-order valence-electron chi connectivity index (χ2n) is 13.9. The number of carbonyl (C=O) groups excluding carboxylic acids is 5. The minimum absolute atomic E-state index is 0.0474. The molecule has 3 aliphatic rings. The number of fused-ring (bicyclic) bond motifs is 4. The summed E-state index contributed by atoms with van der Waals surface area (Å²) in [5, 5.41) is 22.9. The molecule has 5 amide bonds. The lowest BCUT2D eigenvalue weighted by atomic mass is 9.97. The zero-order valence-corrected chi connectivity index (χ0v) is 29.2. The number of rotatable bonds is 6. The first-order chi connectivity index (χ1) is 24.1. The van der Waals surface area contributed by atoms with Gasteiger partial charge in [-0.05, 0) is 54.7 Å². The fourth-order valence-corrected chi connectivity index (χ4v) is 7.93. The van der Waals surface area contributed by atoms with Crippen LogP contribution in [0.3, 0.4) is 0 Å². The van der Waals surface area contributed by atoms with E-state index < -0.39 is 60.0 Å². The van der Waals surface area contributed by atoms with Crippen molar-refractivity contribution in [3.05, 3.63) is 58.4 Å². The van der Waals surface area contributed by atoms with Crippen LogP contribution in [0.2, 0.25) is 0 Å². The monoisotopic (exact) mass is 706 g/mol. The Balaban J connectivity index is 1.35. The Bertz CT molecular complexity index is 1690. The molecule has 3 aliphatic heterocycles. The Morgan fingerprint density at radius 2 is 1.84 bits per heavy atom. The van der Waals surface area contributed by atoms with Gasteiger partial charge in [-0.3, -0.25) is 24.0 Å². The molecule has 50 heavy (non-hydrogen) atoms. The first kappa shape index (κ1) is 35.6. The number of thiophene rings is 1. The van der Waals surface area contributed by atoms with Gasteiger partial charge in [0.2, 0.25) is 29.5 Å². The van der Waals surface area contributed by atoms with E-state index in [1.165, 1.54) is 21.1 Å². The molecule has 0 saturated carbocycles. The molecule has 0 unspecified atom stereocenters. The molecule has 2 bridgehead atoms. The number of amides is 5. The summed E-state index contributed by atoms with van der Waals surface area (Å²) in [6, 6.07) is 7.88. The number of nitrogens with one attached hydrogen (secondary N) is 4. The van der Waals surface area contributed by atoms with Crippen LogP contribution in [0.5, 0.6) is 0 Å². The molecule has 6 atom stereocenters. The highest BCUT2D eigenvalue weighted by Crippen LogP contribution is 2.24. The first-order valence-corrected chi connectivity index (χ1v) is 18.3. The molecule has 2 aromatic heterocycles. The lowest BCUT2D eigenvalue weighted by Gasteiger charge is -2.38. The number of H-pyrrole nitrogens is 1. The number of benzene rings is 1. The maximum atomic E-state index is 14.4. The minimum atomic E-state index is -1.18. The number of aliphatic hydroxyl groups is 1. The van der Waals surface area contributed by atoms with Crippen LogP contribution in [0.1, 0.15) is 50.0 Å². The lowest BCUT2D eigenvalue weighted by Crippen LogP contribution is -2.60. The van der Waals surface area contributed by atoms with Crippen molar-refractivity contribution in [1.82, 2.24) is 30.7 Å². The molecule has 0 radical (unpaired) electrons. The largest absolute Gasteiger partial charge is 0.388 e. The van der Waals surface area contributed by atoms with Gasteiger partial charge in [0.1, 0.15) is 30.3 Å². The van der Waals surface area contributed by atoms with E-state index in [1.807, 2.05) is 61.8 Å². The highest BCUT2D eigenvalue weighted by Gasteiger charge is 2.41. The summed E-state index contributed by atoms with van der Waals surface area (Å²) in [5.74, 6) is -2.12. The first-order valence-electron chi connectivity index (χ1n) is 17.4. The van der Waals surface area contributed by atoms with Crippen molar-refractivity contribution >= 4 is 51.8 Å². The van der Waals surface area contributed by atoms with Crippen LogP contribution in [0.15, 0.2) is 48.0 Å². The SMILES string of the molecule is CC(C)C[C@H]1NC(=O)[C@H]2CCCN2C(=O)[C@@H](Cc2c[nH]c3ccccc23)NC(=O)CN(C(=O)Cc2cccs2)C[C@H]2OCC[C@H](NC1=O)[C@@H]2O. The zero-order chi connectivity index (χ0) is 35.4. The number of nitrogens with zero attached hydrogens (tertiary/aromatic N) is 2. The van der Waals surface area contributed by atoms with Crippen molar-refractivity contribution in [2.24, 2.45) is 5.92 Å². The van der Waals surface area contributed by atoms with Gasteiger partial charge < -0.3 is 40.6 Å². The fraction of sp³-hybridized carbons (Fsp3) is 0.528. The van der Waals surface area contributed by atoms with E-state index >= 15 is 0 Å². The van der Waals surface area contributed by atoms with Gasteiger partial charge in [-0.1, -0.05) is 38.1 Å². The highest BCUT2D eigenvalue weighted by molar-refractivity contribution is 7.10. The van der Waals surface area contributed by atoms with Crippen LogP contribution in [-0.4, -0.2) is 112 Å². The van der Waals surface area contributed by atoms with Crippen LogP contribution in [-0.2, 0) is 41.6 Å². The average Bonchev–Trinajstić information content (AvgIpc) is 3.87. The Kier molecular flexibility index (Phi) is 11.2. The molecule has 13 nitrogen and oxygen atoms in total. The summed E-state index contributed by atoms with van der Waals surface area (Å²) in [6.07, 6.45) is 1.61. The van der Waals surface area contributed by atoms with Crippen LogP contribution in [0, 0.1) is 5.92 Å². The van der Waals surface area contributed by atoms with E-state index in [1.54, 1.807) is 0 Å². The second kappa shape index (κ2) is 15.7. The van der Waals surface area contributed by atoms with Crippen LogP contribution < -0.4 is 16.0 Å². The number of aromatic nitrogens is 1. The van der Waals surface area contributed by atoms with Crippen molar-refractivity contribution in [3.63, 3.8) is 0 Å². The van der Waals surface area contributed by atoms with Crippen molar-refractivity contribution in [3.8, 4) is 0 Å². The molecule has 3 saturated heterocycles. The van der Waals surface area contributed by atoms with E-state index in [0.29, 0.717) is 32.2 Å². The molecule has 268 valence electrons. The predicted octanol–water partition coefficient (Wildman–Crippen LogP) is 1.50. The van der Waals surface area contributed by atoms with E-state index in [2.05, 4.69) is 20.9 Å². The van der Waals surface area contributed by atoms with Crippen LogP contribution in [0.25, 0.3) is 10.9 Å². The summed E-state index contributed by atoms with van der Waals surface area (Å²) < 4.78 is 5.92. The topological polar surface area (TPSA) is 173 Å². The number of hydrogen-bond acceptors (Lipinski definition) is 8. The van der Waals surface area contributed by atoms with Gasteiger partial charge in [0.15, 0.2) is 0 Å². The molecule has 5 heterocycles. The second-order valence-corrected chi connectivity index (χ2v) is 14.9. The number of aliphatic hydroxyl groups excluding tert-OH is 1. The Morgan fingerprint density at radius 3 is 2.62 bits per heavy atom. The normalized spacial score (nSPS) is 27.1. The average molecular weight is 707 g/mol. The summed E-state index contributed by atoms with van der Waals surface area (Å²) in [4.78, 5) is 76.4. The number of carbonyl (C=O) groups is 5. The Hall–Kier alpha value is -4.27. The fourth-order valence-electron chi connectivity index (χ4n) is 7.23. The van der Waals surface area contributed by atoms with E-state index in [9.17, 15) is 29.1 Å². The molecule has 14 heteroatoms. The zero-order valence-electron chi connectivity index (χ0n) is 28.4. The standard InChI is InChI=1S/C36H46N6O7S/c1-21(2)15-27-34(46)39-26-11-13-49-30(33(26)45)19-41(32(44)17-23-7-6-14-50-23)20-31(43)38-28(16-22-18-37-25-9-4-3-8-24(22)25)36(48)42-12-5-10-29(42)35(47)40-27/h3-4,6-9,14,18,21,26-30,33,37,45H,5,10-13,15-17,19-20H2,1-2H3,(H,38,43)(H,39,46)(H,40,47)/t26-,27+,28+,29+,30+,33-/m0/s1. The third-order valence-corrected chi connectivity index (χ3v) is 10.7. The highest BCUT2D eigenvalue weighted by atomic mass is 32.1. The Morgan fingerprint density at radius 1 is 1.02 bits per heavy atom. The number of ether oxygens (including phenoxy) is 1. The van der Waals surface area contributed by atoms with Crippen molar-refractivity contribution < 1.29 is 33.8 Å². The smallest absolute Gasteiger partial charge is 0.246 e. The van der Waals surface area contributed by atoms with Crippen molar-refractivity contribution in [2.45, 2.75) is 88.7 Å². The van der Waals surface area contributed by atoms with E-state index in [-0.39, 0.29) is 44.4 Å². The third kappa shape index (κ3) is 8.19. The maximum Gasteiger partial charge on any atom is 0.246 e. The molecule has 5 N–H and O–H groups in total. The van der Waals surface area contributed by atoms with E-state index in [0.717, 1.165) is 21.3 Å². The third-order valence-electron chi connectivity index (χ3n) is 9.79. The van der Waals surface area contributed by atoms with Gasteiger partial charge in [0.05, 0.1) is 25.6 Å². The molecule has 1 aromatic carbocycles. The summed E-state index contributed by atoms with van der Waals surface area (Å²) in [7, 11) is 0. The molecule has 0 spiro atoms. The lowest BCUT2D eigenvalue weighted by molar-refractivity contribution is -0.145. The summed E-state index contributed by atoms with van der Waals surface area (Å²) in [5.41, 5.74) is 1.70. The quantitative estimate of drug-likeness (QED) is 0.258. The molecule has 6 rings (SSSR count). The molecule has 3 aromatic rings. The van der Waals surface area contributed by atoms with Gasteiger partial charge in [-0.2, -0.15) is 0 Å². The molecule has 0 aliphatic carbocycles.